The lowest BCUT2D eigenvalue weighted by Crippen LogP contribution is -2.55. The number of rotatable bonds is 2. The Bertz CT molecular complexity index is 607. The first kappa shape index (κ1) is 15.0. The number of hydrogen-bond donors (Lipinski definition) is 0. The first-order valence-electron chi connectivity index (χ1n) is 7.38. The van der Waals surface area contributed by atoms with Gasteiger partial charge in [-0.05, 0) is 24.5 Å². The minimum atomic E-state index is -1.41. The number of carbonyl (C=O) groups is 2. The van der Waals surface area contributed by atoms with Gasteiger partial charge in [0.2, 0.25) is 0 Å². The average molecular weight is 304 g/mol. The Hall–Kier alpha value is -1.88. The molecule has 2 bridgehead atoms. The molecule has 0 spiro atoms. The maximum absolute atomic E-state index is 12.5. The summed E-state index contributed by atoms with van der Waals surface area (Å²) in [5, 5.41) is 0. The van der Waals surface area contributed by atoms with Gasteiger partial charge >= 0.3 is 11.9 Å². The van der Waals surface area contributed by atoms with Crippen molar-refractivity contribution in [2.75, 3.05) is 14.2 Å². The van der Waals surface area contributed by atoms with Gasteiger partial charge in [0.25, 0.3) is 0 Å². The van der Waals surface area contributed by atoms with Gasteiger partial charge in [-0.2, -0.15) is 0 Å². The van der Waals surface area contributed by atoms with Crippen molar-refractivity contribution >= 4 is 11.9 Å². The molecule has 2 aliphatic heterocycles. The molecule has 0 N–H and O–H groups in total. The molecule has 0 saturated carbocycles. The van der Waals surface area contributed by atoms with Crippen LogP contribution in [0, 0.1) is 5.41 Å². The third kappa shape index (κ3) is 1.88. The van der Waals surface area contributed by atoms with Gasteiger partial charge in [-0.15, -0.1) is 0 Å². The normalized spacial score (nSPS) is 28.4. The van der Waals surface area contributed by atoms with Gasteiger partial charge in [0.15, 0.2) is 5.41 Å². The lowest BCUT2D eigenvalue weighted by molar-refractivity contribution is -0.182. The van der Waals surface area contributed by atoms with Crippen LogP contribution in [-0.2, 0) is 36.6 Å². The summed E-state index contributed by atoms with van der Waals surface area (Å²) in [6.07, 6.45) is 1.24. The summed E-state index contributed by atoms with van der Waals surface area (Å²) >= 11 is 0. The molecule has 5 nitrogen and oxygen atoms in total. The predicted octanol–water partition coefficient (Wildman–Crippen LogP) is 1.67. The molecule has 5 heteroatoms. The highest BCUT2D eigenvalue weighted by molar-refractivity contribution is 6.02. The van der Waals surface area contributed by atoms with Crippen molar-refractivity contribution < 1.29 is 23.8 Å². The van der Waals surface area contributed by atoms with Crippen LogP contribution in [0.2, 0.25) is 0 Å². The number of methoxy groups -OCH3 is 2. The Morgan fingerprint density at radius 1 is 1.14 bits per heavy atom. The number of esters is 2. The molecule has 3 rings (SSSR count). The fourth-order valence-electron chi connectivity index (χ4n) is 3.94. The Balaban J connectivity index is 2.13. The summed E-state index contributed by atoms with van der Waals surface area (Å²) in [5.41, 5.74) is -0.0666. The molecule has 0 aromatic heterocycles. The molecule has 1 saturated heterocycles. The zero-order valence-corrected chi connectivity index (χ0v) is 13.0. The molecule has 1 fully saturated rings. The topological polar surface area (TPSA) is 61.8 Å². The minimum Gasteiger partial charge on any atom is -0.468 e. The third-order valence-corrected chi connectivity index (χ3v) is 5.02. The Kier molecular flexibility index (Phi) is 3.48. The highest BCUT2D eigenvalue weighted by atomic mass is 16.6. The maximum Gasteiger partial charge on any atom is 0.326 e. The minimum absolute atomic E-state index is 0.202. The van der Waals surface area contributed by atoms with E-state index in [1.807, 2.05) is 25.1 Å². The van der Waals surface area contributed by atoms with Crippen molar-refractivity contribution in [1.82, 2.24) is 0 Å². The van der Waals surface area contributed by atoms with Crippen LogP contribution in [0.3, 0.4) is 0 Å². The molecule has 2 unspecified atom stereocenters. The summed E-state index contributed by atoms with van der Waals surface area (Å²) in [5.74, 6) is -1.16. The van der Waals surface area contributed by atoms with Crippen LogP contribution in [-0.4, -0.2) is 37.9 Å². The van der Waals surface area contributed by atoms with Crippen molar-refractivity contribution in [3.63, 3.8) is 0 Å². The predicted molar refractivity (Wildman–Crippen MR) is 78.2 cm³/mol. The summed E-state index contributed by atoms with van der Waals surface area (Å²) in [6, 6.07) is 8.04. The molecular formula is C17H20O5. The molecule has 2 aliphatic rings. The summed E-state index contributed by atoms with van der Waals surface area (Å²) in [7, 11) is 2.58. The smallest absolute Gasteiger partial charge is 0.326 e. The molecule has 1 aromatic carbocycles. The van der Waals surface area contributed by atoms with Gasteiger partial charge in [-0.1, -0.05) is 24.3 Å². The van der Waals surface area contributed by atoms with E-state index in [0.717, 1.165) is 5.56 Å². The van der Waals surface area contributed by atoms with Gasteiger partial charge in [0, 0.05) is 12.8 Å². The Morgan fingerprint density at radius 2 is 1.73 bits per heavy atom. The zero-order valence-electron chi connectivity index (χ0n) is 13.0. The largest absolute Gasteiger partial charge is 0.468 e. The van der Waals surface area contributed by atoms with Gasteiger partial charge in [-0.3, -0.25) is 9.59 Å². The molecule has 0 radical (unpaired) electrons. The molecule has 2 heterocycles. The van der Waals surface area contributed by atoms with Gasteiger partial charge in [-0.25, -0.2) is 0 Å². The Morgan fingerprint density at radius 3 is 2.32 bits per heavy atom. The van der Waals surface area contributed by atoms with E-state index >= 15 is 0 Å². The third-order valence-electron chi connectivity index (χ3n) is 5.02. The highest BCUT2D eigenvalue weighted by Crippen LogP contribution is 2.52. The van der Waals surface area contributed by atoms with E-state index in [9.17, 15) is 9.59 Å². The van der Waals surface area contributed by atoms with E-state index in [1.165, 1.54) is 19.8 Å². The van der Waals surface area contributed by atoms with Crippen molar-refractivity contribution in [1.29, 1.82) is 0 Å². The van der Waals surface area contributed by atoms with Gasteiger partial charge in [0.05, 0.1) is 25.9 Å². The number of fused-ring (bicyclic) bond motifs is 3. The summed E-state index contributed by atoms with van der Waals surface area (Å²) < 4.78 is 16.0. The summed E-state index contributed by atoms with van der Waals surface area (Å²) in [4.78, 5) is 25.0. The van der Waals surface area contributed by atoms with Crippen molar-refractivity contribution in [3.8, 4) is 0 Å². The van der Waals surface area contributed by atoms with Crippen molar-refractivity contribution in [3.05, 3.63) is 35.4 Å². The van der Waals surface area contributed by atoms with E-state index in [2.05, 4.69) is 6.07 Å². The van der Waals surface area contributed by atoms with Gasteiger partial charge < -0.3 is 14.2 Å². The second-order valence-corrected chi connectivity index (χ2v) is 6.21. The number of ether oxygens (including phenoxy) is 3. The molecule has 0 amide bonds. The van der Waals surface area contributed by atoms with Crippen LogP contribution in [0.25, 0.3) is 0 Å². The van der Waals surface area contributed by atoms with Crippen LogP contribution >= 0.6 is 0 Å². The van der Waals surface area contributed by atoms with E-state index in [-0.39, 0.29) is 12.5 Å². The lowest BCUT2D eigenvalue weighted by Gasteiger charge is -2.37. The molecule has 2 atom stereocenters. The molecule has 0 aliphatic carbocycles. The van der Waals surface area contributed by atoms with Gasteiger partial charge in [0.1, 0.15) is 0 Å². The Labute approximate surface area is 129 Å². The van der Waals surface area contributed by atoms with Crippen LogP contribution in [0.5, 0.6) is 0 Å². The van der Waals surface area contributed by atoms with E-state index in [1.54, 1.807) is 0 Å². The van der Waals surface area contributed by atoms with Crippen LogP contribution in [0.4, 0.5) is 0 Å². The van der Waals surface area contributed by atoms with Crippen LogP contribution in [0.1, 0.15) is 24.5 Å². The molecule has 118 valence electrons. The second kappa shape index (κ2) is 5.09. The van der Waals surface area contributed by atoms with E-state index < -0.39 is 23.0 Å². The number of hydrogen-bond acceptors (Lipinski definition) is 5. The molecule has 1 aromatic rings. The standard InChI is InChI=1S/C17H20O5/c1-16-9-12-7-5-4-6-11(12)8-13(22-16)10-17(16,14(18)20-2)15(19)21-3/h4-7,13H,8-10H2,1-3H3. The molecule has 22 heavy (non-hydrogen) atoms. The lowest BCUT2D eigenvalue weighted by atomic mass is 9.67. The molecular weight excluding hydrogens is 284 g/mol. The quantitative estimate of drug-likeness (QED) is 0.614. The summed E-state index contributed by atoms with van der Waals surface area (Å²) in [6.45, 7) is 1.81. The van der Waals surface area contributed by atoms with Crippen molar-refractivity contribution in [2.45, 2.75) is 37.9 Å². The van der Waals surface area contributed by atoms with E-state index in [4.69, 9.17) is 14.2 Å². The van der Waals surface area contributed by atoms with Crippen molar-refractivity contribution in [2.24, 2.45) is 5.41 Å². The van der Waals surface area contributed by atoms with Crippen LogP contribution in [0.15, 0.2) is 24.3 Å². The monoisotopic (exact) mass is 304 g/mol. The van der Waals surface area contributed by atoms with Crippen LogP contribution < -0.4 is 0 Å². The maximum atomic E-state index is 12.5. The van der Waals surface area contributed by atoms with E-state index in [0.29, 0.717) is 12.8 Å². The SMILES string of the molecule is COC(=O)C1(C(=O)OC)CC2Cc3ccccc3CC1(C)O2. The second-order valence-electron chi connectivity index (χ2n) is 6.21. The zero-order chi connectivity index (χ0) is 16.0. The number of carbonyl (C=O) groups excluding carboxylic acids is 2. The fraction of sp³-hybridized carbons (Fsp3) is 0.529. The number of benzene rings is 1. The first-order chi connectivity index (χ1) is 10.5. The fourth-order valence-corrected chi connectivity index (χ4v) is 3.94. The highest BCUT2D eigenvalue weighted by Gasteiger charge is 2.68. The first-order valence-corrected chi connectivity index (χ1v) is 7.38. The average Bonchev–Trinajstić information content (AvgIpc) is 2.70.